The number of ether oxygens (including phenoxy) is 2. The van der Waals surface area contributed by atoms with Crippen LogP contribution in [0.3, 0.4) is 0 Å². The molecule has 0 spiro atoms. The molecule has 0 aliphatic heterocycles. The molecule has 0 fully saturated rings. The van der Waals surface area contributed by atoms with Crippen LogP contribution in [0, 0.1) is 11.8 Å². The molecular formula is C20H20ClNO3. The Morgan fingerprint density at radius 3 is 2.60 bits per heavy atom. The lowest BCUT2D eigenvalue weighted by atomic mass is 10.1. The van der Waals surface area contributed by atoms with E-state index in [0.717, 1.165) is 11.3 Å². The predicted octanol–water partition coefficient (Wildman–Crippen LogP) is 3.48. The topological polar surface area (TPSA) is 47.6 Å². The van der Waals surface area contributed by atoms with Crippen molar-refractivity contribution in [2.75, 3.05) is 20.3 Å². The third kappa shape index (κ3) is 6.78. The lowest BCUT2D eigenvalue weighted by molar-refractivity contribution is -0.120. The van der Waals surface area contributed by atoms with Gasteiger partial charge in [0, 0.05) is 6.42 Å². The Kier molecular flexibility index (Phi) is 7.68. The van der Waals surface area contributed by atoms with E-state index in [4.69, 9.17) is 21.1 Å². The molecule has 4 nitrogen and oxygen atoms in total. The lowest BCUT2D eigenvalue weighted by Crippen LogP contribution is -2.23. The second-order valence-corrected chi connectivity index (χ2v) is 5.60. The minimum Gasteiger partial charge on any atom is -0.497 e. The normalized spacial score (nSPS) is 9.68. The van der Waals surface area contributed by atoms with Crippen LogP contribution < -0.4 is 14.8 Å². The second kappa shape index (κ2) is 10.3. The van der Waals surface area contributed by atoms with Crippen LogP contribution in [-0.2, 0) is 11.2 Å². The predicted molar refractivity (Wildman–Crippen MR) is 99.0 cm³/mol. The van der Waals surface area contributed by atoms with Gasteiger partial charge in [0.25, 0.3) is 0 Å². The zero-order valence-corrected chi connectivity index (χ0v) is 14.8. The number of rotatable bonds is 7. The first-order chi connectivity index (χ1) is 12.2. The molecule has 1 N–H and O–H groups in total. The number of hydrogen-bond acceptors (Lipinski definition) is 3. The summed E-state index contributed by atoms with van der Waals surface area (Å²) in [7, 11) is 1.63. The highest BCUT2D eigenvalue weighted by Gasteiger charge is 2.01. The van der Waals surface area contributed by atoms with Crippen LogP contribution in [0.4, 0.5) is 0 Å². The van der Waals surface area contributed by atoms with Crippen molar-refractivity contribution in [3.63, 3.8) is 0 Å². The van der Waals surface area contributed by atoms with Gasteiger partial charge in [0.15, 0.2) is 0 Å². The molecule has 0 aliphatic carbocycles. The van der Waals surface area contributed by atoms with E-state index in [9.17, 15) is 4.79 Å². The number of para-hydroxylation sites is 1. The first-order valence-electron chi connectivity index (χ1n) is 7.91. The van der Waals surface area contributed by atoms with Gasteiger partial charge >= 0.3 is 0 Å². The van der Waals surface area contributed by atoms with Crippen LogP contribution in [0.5, 0.6) is 11.5 Å². The zero-order valence-electron chi connectivity index (χ0n) is 14.0. The van der Waals surface area contributed by atoms with E-state index in [1.807, 2.05) is 36.4 Å². The summed E-state index contributed by atoms with van der Waals surface area (Å²) in [6.45, 7) is 0.527. The maximum absolute atomic E-state index is 11.8. The standard InChI is InChI=1S/C20H20ClNO3/c1-24-17-11-8-16(9-12-17)10-13-20(23)22-14-4-5-15-25-19-7-3-2-6-18(19)21/h2-3,6-9,11-12H,10,13-15H2,1H3,(H,22,23). The number of nitrogens with one attached hydrogen (secondary N) is 1. The molecule has 0 saturated carbocycles. The number of halogens is 1. The number of methoxy groups -OCH3 is 1. The lowest BCUT2D eigenvalue weighted by Gasteiger charge is -2.04. The van der Waals surface area contributed by atoms with E-state index in [2.05, 4.69) is 17.2 Å². The third-order valence-corrected chi connectivity index (χ3v) is 3.75. The summed E-state index contributed by atoms with van der Waals surface area (Å²) in [5, 5.41) is 3.32. The van der Waals surface area contributed by atoms with E-state index in [1.54, 1.807) is 19.2 Å². The van der Waals surface area contributed by atoms with Crippen molar-refractivity contribution in [3.05, 3.63) is 59.1 Å². The third-order valence-electron chi connectivity index (χ3n) is 3.44. The monoisotopic (exact) mass is 357 g/mol. The van der Waals surface area contributed by atoms with Crippen molar-refractivity contribution in [1.29, 1.82) is 0 Å². The van der Waals surface area contributed by atoms with Crippen molar-refractivity contribution in [1.82, 2.24) is 5.32 Å². The summed E-state index contributed by atoms with van der Waals surface area (Å²) in [6, 6.07) is 14.9. The largest absolute Gasteiger partial charge is 0.497 e. The highest BCUT2D eigenvalue weighted by atomic mass is 35.5. The molecule has 2 aromatic carbocycles. The number of hydrogen-bond donors (Lipinski definition) is 1. The van der Waals surface area contributed by atoms with Crippen LogP contribution in [0.2, 0.25) is 5.02 Å². The van der Waals surface area contributed by atoms with Crippen molar-refractivity contribution in [2.45, 2.75) is 12.8 Å². The van der Waals surface area contributed by atoms with Gasteiger partial charge in [0.1, 0.15) is 18.1 Å². The van der Waals surface area contributed by atoms with Gasteiger partial charge in [0.2, 0.25) is 5.91 Å². The van der Waals surface area contributed by atoms with E-state index < -0.39 is 0 Å². The molecule has 0 bridgehead atoms. The average molecular weight is 358 g/mol. The van der Waals surface area contributed by atoms with Gasteiger partial charge in [-0.1, -0.05) is 47.7 Å². The minimum atomic E-state index is -0.0304. The van der Waals surface area contributed by atoms with Gasteiger partial charge < -0.3 is 14.8 Å². The van der Waals surface area contributed by atoms with Crippen LogP contribution in [0.1, 0.15) is 12.0 Å². The number of carbonyl (C=O) groups excluding carboxylic acids is 1. The molecule has 1 amide bonds. The molecule has 2 aromatic rings. The molecule has 0 unspecified atom stereocenters. The quantitative estimate of drug-likeness (QED) is 0.772. The van der Waals surface area contributed by atoms with Crippen molar-refractivity contribution >= 4 is 17.5 Å². The summed E-state index contributed by atoms with van der Waals surface area (Å²) < 4.78 is 10.5. The summed E-state index contributed by atoms with van der Waals surface area (Å²) in [6.07, 6.45) is 1.10. The summed E-state index contributed by atoms with van der Waals surface area (Å²) in [4.78, 5) is 11.8. The van der Waals surface area contributed by atoms with Gasteiger partial charge in [-0.3, -0.25) is 4.79 Å². The smallest absolute Gasteiger partial charge is 0.221 e. The fourth-order valence-electron chi connectivity index (χ4n) is 2.07. The maximum Gasteiger partial charge on any atom is 0.221 e. The molecule has 5 heteroatoms. The highest BCUT2D eigenvalue weighted by molar-refractivity contribution is 6.32. The molecule has 0 radical (unpaired) electrons. The minimum absolute atomic E-state index is 0.0304. The first kappa shape index (κ1) is 18.7. The molecule has 130 valence electrons. The zero-order chi connectivity index (χ0) is 17.9. The van der Waals surface area contributed by atoms with Crippen LogP contribution in [0.25, 0.3) is 0 Å². The van der Waals surface area contributed by atoms with Crippen LogP contribution in [0.15, 0.2) is 48.5 Å². The van der Waals surface area contributed by atoms with Gasteiger partial charge in [-0.2, -0.15) is 0 Å². The molecule has 25 heavy (non-hydrogen) atoms. The SMILES string of the molecule is COc1ccc(CCC(=O)NCC#CCOc2ccccc2Cl)cc1. The molecule has 2 rings (SSSR count). The van der Waals surface area contributed by atoms with Crippen LogP contribution >= 0.6 is 11.6 Å². The van der Waals surface area contributed by atoms with Crippen LogP contribution in [-0.4, -0.2) is 26.2 Å². The number of amides is 1. The van der Waals surface area contributed by atoms with E-state index in [-0.39, 0.29) is 12.5 Å². The molecule has 0 saturated heterocycles. The maximum atomic E-state index is 11.8. The van der Waals surface area contributed by atoms with E-state index >= 15 is 0 Å². The highest BCUT2D eigenvalue weighted by Crippen LogP contribution is 2.22. The second-order valence-electron chi connectivity index (χ2n) is 5.20. The molecule has 0 aliphatic rings. The Hall–Kier alpha value is -2.64. The van der Waals surface area contributed by atoms with Crippen molar-refractivity contribution in [2.24, 2.45) is 0 Å². The van der Waals surface area contributed by atoms with Crippen molar-refractivity contribution < 1.29 is 14.3 Å². The first-order valence-corrected chi connectivity index (χ1v) is 8.29. The number of benzene rings is 2. The number of aryl methyl sites for hydroxylation is 1. The Morgan fingerprint density at radius 2 is 1.88 bits per heavy atom. The Morgan fingerprint density at radius 1 is 1.12 bits per heavy atom. The Labute approximate surface area is 153 Å². The van der Waals surface area contributed by atoms with Gasteiger partial charge in [0.05, 0.1) is 18.7 Å². The van der Waals surface area contributed by atoms with Gasteiger partial charge in [-0.25, -0.2) is 0 Å². The summed E-state index contributed by atoms with van der Waals surface area (Å²) >= 11 is 5.97. The fraction of sp³-hybridized carbons (Fsp3) is 0.250. The number of carbonyl (C=O) groups is 1. The fourth-order valence-corrected chi connectivity index (χ4v) is 2.26. The molecular weight excluding hydrogens is 338 g/mol. The summed E-state index contributed by atoms with van der Waals surface area (Å²) in [5.74, 6) is 7.07. The van der Waals surface area contributed by atoms with E-state index in [1.165, 1.54) is 0 Å². The van der Waals surface area contributed by atoms with Gasteiger partial charge in [-0.15, -0.1) is 0 Å². The molecule has 0 atom stereocenters. The van der Waals surface area contributed by atoms with E-state index in [0.29, 0.717) is 30.2 Å². The molecule has 0 heterocycles. The summed E-state index contributed by atoms with van der Waals surface area (Å²) in [5.41, 5.74) is 1.09. The molecule has 0 aromatic heterocycles. The Bertz CT molecular complexity index is 748. The average Bonchev–Trinajstić information content (AvgIpc) is 2.64. The van der Waals surface area contributed by atoms with Gasteiger partial charge in [-0.05, 0) is 36.2 Å². The van der Waals surface area contributed by atoms with Crippen molar-refractivity contribution in [3.8, 4) is 23.3 Å². The Balaban J connectivity index is 1.63.